The van der Waals surface area contributed by atoms with Crippen LogP contribution in [-0.4, -0.2) is 31.3 Å². The third kappa shape index (κ3) is 2.71. The molecular weight excluding hydrogens is 264 g/mol. The maximum Gasteiger partial charge on any atom is 0.0961 e. The summed E-state index contributed by atoms with van der Waals surface area (Å²) in [4.78, 5) is 0. The molecule has 0 aliphatic carbocycles. The Morgan fingerprint density at radius 1 is 1.19 bits per heavy atom. The van der Waals surface area contributed by atoms with Crippen molar-refractivity contribution in [3.8, 4) is 5.69 Å². The molecule has 3 aromatic rings. The minimum atomic E-state index is -0.0357. The van der Waals surface area contributed by atoms with Crippen molar-refractivity contribution >= 4 is 0 Å². The molecular formula is C15H18N6. The van der Waals surface area contributed by atoms with E-state index in [4.69, 9.17) is 0 Å². The SMILES string of the molecule is CCNC(c1ccn(C)n1)c1cnnn1-c1ccccc1. The Hall–Kier alpha value is -2.47. The van der Waals surface area contributed by atoms with E-state index < -0.39 is 0 Å². The number of benzene rings is 1. The van der Waals surface area contributed by atoms with Crippen LogP contribution in [0.2, 0.25) is 0 Å². The molecule has 6 nitrogen and oxygen atoms in total. The molecule has 0 saturated heterocycles. The molecule has 0 amide bonds. The number of rotatable bonds is 5. The molecule has 1 unspecified atom stereocenters. The van der Waals surface area contributed by atoms with Crippen LogP contribution in [0.4, 0.5) is 0 Å². The van der Waals surface area contributed by atoms with Crippen molar-refractivity contribution in [3.05, 3.63) is 60.2 Å². The molecule has 0 saturated carbocycles. The zero-order valence-electron chi connectivity index (χ0n) is 12.1. The predicted octanol–water partition coefficient (Wildman–Crippen LogP) is 1.70. The van der Waals surface area contributed by atoms with Gasteiger partial charge >= 0.3 is 0 Å². The van der Waals surface area contributed by atoms with Gasteiger partial charge in [0.25, 0.3) is 0 Å². The molecule has 0 fully saturated rings. The first kappa shape index (κ1) is 13.5. The van der Waals surface area contributed by atoms with Crippen LogP contribution in [0.3, 0.4) is 0 Å². The van der Waals surface area contributed by atoms with Crippen molar-refractivity contribution < 1.29 is 0 Å². The van der Waals surface area contributed by atoms with Gasteiger partial charge < -0.3 is 5.32 Å². The average Bonchev–Trinajstić information content (AvgIpc) is 3.15. The van der Waals surface area contributed by atoms with Crippen LogP contribution >= 0.6 is 0 Å². The van der Waals surface area contributed by atoms with E-state index in [-0.39, 0.29) is 6.04 Å². The molecule has 1 N–H and O–H groups in total. The van der Waals surface area contributed by atoms with E-state index in [0.29, 0.717) is 0 Å². The summed E-state index contributed by atoms with van der Waals surface area (Å²) in [6.07, 6.45) is 3.73. The highest BCUT2D eigenvalue weighted by Crippen LogP contribution is 2.21. The van der Waals surface area contributed by atoms with Crippen molar-refractivity contribution in [1.29, 1.82) is 0 Å². The molecule has 3 rings (SSSR count). The smallest absolute Gasteiger partial charge is 0.0961 e. The Bertz CT molecular complexity index is 700. The van der Waals surface area contributed by atoms with E-state index in [1.807, 2.05) is 54.3 Å². The minimum absolute atomic E-state index is 0.0357. The van der Waals surface area contributed by atoms with Crippen LogP contribution in [0.15, 0.2) is 48.8 Å². The van der Waals surface area contributed by atoms with Gasteiger partial charge in [-0.05, 0) is 24.7 Å². The molecule has 108 valence electrons. The summed E-state index contributed by atoms with van der Waals surface area (Å²) >= 11 is 0. The van der Waals surface area contributed by atoms with Crippen LogP contribution in [0, 0.1) is 0 Å². The van der Waals surface area contributed by atoms with Gasteiger partial charge in [-0.15, -0.1) is 5.10 Å². The third-order valence-electron chi connectivity index (χ3n) is 3.31. The maximum atomic E-state index is 4.51. The van der Waals surface area contributed by atoms with Crippen molar-refractivity contribution in [2.24, 2.45) is 7.05 Å². The van der Waals surface area contributed by atoms with E-state index in [0.717, 1.165) is 23.6 Å². The lowest BCUT2D eigenvalue weighted by molar-refractivity contribution is 0.569. The number of para-hydroxylation sites is 1. The lowest BCUT2D eigenvalue weighted by Gasteiger charge is -2.16. The number of nitrogens with one attached hydrogen (secondary N) is 1. The molecule has 0 aliphatic heterocycles. The Morgan fingerprint density at radius 2 is 2.00 bits per heavy atom. The fourth-order valence-corrected chi connectivity index (χ4v) is 2.36. The van der Waals surface area contributed by atoms with Gasteiger partial charge in [0.1, 0.15) is 0 Å². The van der Waals surface area contributed by atoms with E-state index >= 15 is 0 Å². The van der Waals surface area contributed by atoms with Crippen LogP contribution in [0.1, 0.15) is 24.4 Å². The highest BCUT2D eigenvalue weighted by atomic mass is 15.4. The Balaban J connectivity index is 2.03. The lowest BCUT2D eigenvalue weighted by atomic mass is 10.1. The predicted molar refractivity (Wildman–Crippen MR) is 80.1 cm³/mol. The zero-order chi connectivity index (χ0) is 14.7. The van der Waals surface area contributed by atoms with Gasteiger partial charge in [0.05, 0.1) is 29.3 Å². The first-order valence-corrected chi connectivity index (χ1v) is 6.98. The monoisotopic (exact) mass is 282 g/mol. The Morgan fingerprint density at radius 3 is 2.67 bits per heavy atom. The summed E-state index contributed by atoms with van der Waals surface area (Å²) < 4.78 is 3.65. The summed E-state index contributed by atoms with van der Waals surface area (Å²) in [5, 5.41) is 16.2. The summed E-state index contributed by atoms with van der Waals surface area (Å²) in [5.74, 6) is 0. The average molecular weight is 282 g/mol. The molecule has 2 heterocycles. The molecule has 0 spiro atoms. The van der Waals surface area contributed by atoms with Crippen molar-refractivity contribution in [1.82, 2.24) is 30.1 Å². The minimum Gasteiger partial charge on any atom is -0.304 e. The van der Waals surface area contributed by atoms with E-state index in [9.17, 15) is 0 Å². The van der Waals surface area contributed by atoms with E-state index in [1.54, 1.807) is 10.9 Å². The number of hydrogen-bond donors (Lipinski definition) is 1. The first-order valence-electron chi connectivity index (χ1n) is 6.98. The number of aromatic nitrogens is 5. The number of nitrogens with zero attached hydrogens (tertiary/aromatic N) is 5. The largest absolute Gasteiger partial charge is 0.304 e. The molecule has 1 atom stereocenters. The standard InChI is InChI=1S/C15H18N6/c1-3-16-15(13-9-10-20(2)18-13)14-11-17-19-21(14)12-7-5-4-6-8-12/h4-11,15-16H,3H2,1-2H3. The van der Waals surface area contributed by atoms with Crippen molar-refractivity contribution in [3.63, 3.8) is 0 Å². The summed E-state index contributed by atoms with van der Waals surface area (Å²) in [5.41, 5.74) is 2.92. The highest BCUT2D eigenvalue weighted by Gasteiger charge is 2.21. The lowest BCUT2D eigenvalue weighted by Crippen LogP contribution is -2.25. The topological polar surface area (TPSA) is 60.6 Å². The molecule has 2 aromatic heterocycles. The maximum absolute atomic E-state index is 4.51. The third-order valence-corrected chi connectivity index (χ3v) is 3.31. The second-order valence-electron chi connectivity index (χ2n) is 4.81. The molecule has 0 aliphatic rings. The number of hydrogen-bond acceptors (Lipinski definition) is 4. The van der Waals surface area contributed by atoms with E-state index in [1.165, 1.54) is 0 Å². The van der Waals surface area contributed by atoms with Gasteiger partial charge in [-0.3, -0.25) is 4.68 Å². The highest BCUT2D eigenvalue weighted by molar-refractivity contribution is 5.34. The molecule has 1 aromatic carbocycles. The normalized spacial score (nSPS) is 12.5. The second-order valence-corrected chi connectivity index (χ2v) is 4.81. The second kappa shape index (κ2) is 5.88. The fourth-order valence-electron chi connectivity index (χ4n) is 2.36. The van der Waals surface area contributed by atoms with Gasteiger partial charge in [-0.1, -0.05) is 30.3 Å². The molecule has 6 heteroatoms. The van der Waals surface area contributed by atoms with Crippen LogP contribution in [-0.2, 0) is 7.05 Å². The van der Waals surface area contributed by atoms with Gasteiger partial charge in [-0.2, -0.15) is 5.10 Å². The van der Waals surface area contributed by atoms with Crippen LogP contribution in [0.5, 0.6) is 0 Å². The van der Waals surface area contributed by atoms with Crippen molar-refractivity contribution in [2.45, 2.75) is 13.0 Å². The molecule has 21 heavy (non-hydrogen) atoms. The molecule has 0 radical (unpaired) electrons. The van der Waals surface area contributed by atoms with Crippen molar-refractivity contribution in [2.75, 3.05) is 6.54 Å². The van der Waals surface area contributed by atoms with Gasteiger partial charge in [0.2, 0.25) is 0 Å². The van der Waals surface area contributed by atoms with Crippen LogP contribution < -0.4 is 5.32 Å². The quantitative estimate of drug-likeness (QED) is 0.774. The number of aryl methyl sites for hydroxylation is 1. The van der Waals surface area contributed by atoms with Crippen LogP contribution in [0.25, 0.3) is 5.69 Å². The summed E-state index contributed by atoms with van der Waals surface area (Å²) in [6, 6.07) is 12.0. The zero-order valence-corrected chi connectivity index (χ0v) is 12.1. The summed E-state index contributed by atoms with van der Waals surface area (Å²) in [6.45, 7) is 2.91. The van der Waals surface area contributed by atoms with Gasteiger partial charge in [-0.25, -0.2) is 4.68 Å². The first-order chi connectivity index (χ1) is 10.3. The molecule has 0 bridgehead atoms. The van der Waals surface area contributed by atoms with E-state index in [2.05, 4.69) is 27.7 Å². The Kier molecular flexibility index (Phi) is 3.79. The fraction of sp³-hybridized carbons (Fsp3) is 0.267. The Labute approximate surface area is 123 Å². The van der Waals surface area contributed by atoms with Gasteiger partial charge in [0, 0.05) is 13.2 Å². The van der Waals surface area contributed by atoms with Gasteiger partial charge in [0.15, 0.2) is 0 Å². The summed E-state index contributed by atoms with van der Waals surface area (Å²) in [7, 11) is 1.92.